The fraction of sp³-hybridized carbons (Fsp3) is 0.417. The maximum Gasteiger partial charge on any atom is 0.401 e. The molecule has 0 saturated carbocycles. The van der Waals surface area contributed by atoms with Crippen LogP contribution in [0, 0.1) is 13.8 Å². The van der Waals surface area contributed by atoms with Crippen molar-refractivity contribution >= 4 is 11.1 Å². The molecule has 98 valence electrons. The molecule has 1 N–H and O–H groups in total. The van der Waals surface area contributed by atoms with Crippen LogP contribution in [0.5, 0.6) is 0 Å². The van der Waals surface area contributed by atoms with Crippen LogP contribution in [0.4, 0.5) is 13.2 Å². The second-order valence-corrected chi connectivity index (χ2v) is 4.26. The Kier molecular flexibility index (Phi) is 3.30. The molecule has 3 nitrogen and oxygen atoms in total. The van der Waals surface area contributed by atoms with Crippen LogP contribution in [0.3, 0.4) is 0 Å². The highest BCUT2D eigenvalue weighted by Gasteiger charge is 2.26. The van der Waals surface area contributed by atoms with Crippen LogP contribution in [0.1, 0.15) is 17.0 Å². The Bertz CT molecular complexity index is 560. The molecule has 0 atom stereocenters. The molecule has 0 amide bonds. The van der Waals surface area contributed by atoms with Crippen LogP contribution < -0.4 is 5.32 Å². The van der Waals surface area contributed by atoms with Crippen molar-refractivity contribution in [3.63, 3.8) is 0 Å². The number of halogens is 3. The van der Waals surface area contributed by atoms with E-state index in [0.29, 0.717) is 11.1 Å². The van der Waals surface area contributed by atoms with E-state index in [-0.39, 0.29) is 12.4 Å². The Balaban J connectivity index is 2.13. The predicted molar refractivity (Wildman–Crippen MR) is 61.2 cm³/mol. The lowest BCUT2D eigenvalue weighted by Gasteiger charge is -2.05. The van der Waals surface area contributed by atoms with Gasteiger partial charge in [0.1, 0.15) is 5.52 Å². The molecule has 0 radical (unpaired) electrons. The largest absolute Gasteiger partial charge is 0.439 e. The van der Waals surface area contributed by atoms with Crippen molar-refractivity contribution in [2.75, 3.05) is 6.54 Å². The molecule has 0 spiro atoms. The van der Waals surface area contributed by atoms with Crippen LogP contribution in [0.2, 0.25) is 0 Å². The van der Waals surface area contributed by atoms with Gasteiger partial charge in [0.2, 0.25) is 5.89 Å². The lowest BCUT2D eigenvalue weighted by Crippen LogP contribution is -2.28. The molecular weight excluding hydrogens is 245 g/mol. The van der Waals surface area contributed by atoms with E-state index in [1.165, 1.54) is 0 Å². The monoisotopic (exact) mass is 258 g/mol. The van der Waals surface area contributed by atoms with Crippen molar-refractivity contribution in [1.29, 1.82) is 0 Å². The predicted octanol–water partition coefficient (Wildman–Crippen LogP) is 3.10. The van der Waals surface area contributed by atoms with Gasteiger partial charge in [-0.3, -0.25) is 0 Å². The van der Waals surface area contributed by atoms with E-state index in [1.807, 2.05) is 26.0 Å². The van der Waals surface area contributed by atoms with E-state index < -0.39 is 12.7 Å². The summed E-state index contributed by atoms with van der Waals surface area (Å²) < 4.78 is 41.3. The number of oxazole rings is 1. The average Bonchev–Trinajstić information content (AvgIpc) is 2.58. The van der Waals surface area contributed by atoms with Gasteiger partial charge in [0.15, 0.2) is 5.58 Å². The van der Waals surface area contributed by atoms with E-state index in [4.69, 9.17) is 4.42 Å². The number of aryl methyl sites for hydroxylation is 2. The number of nitrogens with zero attached hydrogens (tertiary/aromatic N) is 1. The summed E-state index contributed by atoms with van der Waals surface area (Å²) in [6.45, 7) is 2.73. The highest BCUT2D eigenvalue weighted by atomic mass is 19.4. The molecule has 18 heavy (non-hydrogen) atoms. The Morgan fingerprint density at radius 1 is 1.28 bits per heavy atom. The highest BCUT2D eigenvalue weighted by Crippen LogP contribution is 2.21. The number of rotatable bonds is 3. The number of hydrogen-bond acceptors (Lipinski definition) is 3. The van der Waals surface area contributed by atoms with Gasteiger partial charge in [-0.2, -0.15) is 13.2 Å². The number of fused-ring (bicyclic) bond motifs is 1. The summed E-state index contributed by atoms with van der Waals surface area (Å²) in [5.41, 5.74) is 3.28. The molecule has 0 fully saturated rings. The summed E-state index contributed by atoms with van der Waals surface area (Å²) in [5.74, 6) is 0.267. The van der Waals surface area contributed by atoms with Gasteiger partial charge in [-0.05, 0) is 31.0 Å². The van der Waals surface area contributed by atoms with Gasteiger partial charge in [0.05, 0.1) is 13.1 Å². The Morgan fingerprint density at radius 2 is 2.00 bits per heavy atom. The molecule has 6 heteroatoms. The van der Waals surface area contributed by atoms with Crippen molar-refractivity contribution in [3.8, 4) is 0 Å². The minimum absolute atomic E-state index is 0.0350. The van der Waals surface area contributed by atoms with Crippen molar-refractivity contribution in [3.05, 3.63) is 29.2 Å². The number of nitrogens with one attached hydrogen (secondary N) is 1. The third kappa shape index (κ3) is 3.01. The topological polar surface area (TPSA) is 38.1 Å². The van der Waals surface area contributed by atoms with Crippen LogP contribution in [-0.2, 0) is 6.54 Å². The summed E-state index contributed by atoms with van der Waals surface area (Å²) in [7, 11) is 0. The molecule has 0 unspecified atom stereocenters. The zero-order valence-corrected chi connectivity index (χ0v) is 10.1. The van der Waals surface area contributed by atoms with E-state index in [0.717, 1.165) is 11.1 Å². The quantitative estimate of drug-likeness (QED) is 0.919. The van der Waals surface area contributed by atoms with Gasteiger partial charge in [-0.15, -0.1) is 0 Å². The molecule has 1 aromatic carbocycles. The third-order valence-electron chi connectivity index (χ3n) is 2.47. The van der Waals surface area contributed by atoms with Crippen molar-refractivity contribution in [2.45, 2.75) is 26.6 Å². The second kappa shape index (κ2) is 4.61. The summed E-state index contributed by atoms with van der Waals surface area (Å²) in [5, 5.41) is 2.26. The van der Waals surface area contributed by atoms with Crippen LogP contribution in [0.15, 0.2) is 16.5 Å². The van der Waals surface area contributed by atoms with Gasteiger partial charge in [-0.1, -0.05) is 6.07 Å². The van der Waals surface area contributed by atoms with Crippen LogP contribution >= 0.6 is 0 Å². The number of aromatic nitrogens is 1. The first-order chi connectivity index (χ1) is 8.35. The normalized spacial score (nSPS) is 12.3. The van der Waals surface area contributed by atoms with Crippen LogP contribution in [-0.4, -0.2) is 17.7 Å². The SMILES string of the molecule is Cc1cc(C)c2oc(CNCC(F)(F)F)nc2c1. The number of alkyl halides is 3. The van der Waals surface area contributed by atoms with E-state index >= 15 is 0 Å². The molecule has 0 aliphatic rings. The Morgan fingerprint density at radius 3 is 2.67 bits per heavy atom. The Hall–Kier alpha value is -1.56. The fourth-order valence-corrected chi connectivity index (χ4v) is 1.81. The number of hydrogen-bond donors (Lipinski definition) is 1. The van der Waals surface area contributed by atoms with Crippen molar-refractivity contribution in [1.82, 2.24) is 10.3 Å². The molecular formula is C12H13F3N2O. The molecule has 0 bridgehead atoms. The summed E-state index contributed by atoms with van der Waals surface area (Å²) in [4.78, 5) is 4.16. The van der Waals surface area contributed by atoms with Gasteiger partial charge >= 0.3 is 6.18 Å². The number of benzene rings is 1. The maximum atomic E-state index is 12.0. The smallest absolute Gasteiger partial charge is 0.401 e. The first-order valence-corrected chi connectivity index (χ1v) is 5.49. The Labute approximate surface area is 102 Å². The van der Waals surface area contributed by atoms with Gasteiger partial charge in [0.25, 0.3) is 0 Å². The van der Waals surface area contributed by atoms with Crippen molar-refractivity contribution < 1.29 is 17.6 Å². The molecule has 2 rings (SSSR count). The first kappa shape index (κ1) is 12.9. The lowest BCUT2D eigenvalue weighted by molar-refractivity contribution is -0.125. The zero-order chi connectivity index (χ0) is 13.3. The van der Waals surface area contributed by atoms with Gasteiger partial charge in [-0.25, -0.2) is 4.98 Å². The molecule has 0 aliphatic heterocycles. The summed E-state index contributed by atoms with van der Waals surface area (Å²) >= 11 is 0. The minimum atomic E-state index is -4.22. The van der Waals surface area contributed by atoms with E-state index in [1.54, 1.807) is 0 Å². The van der Waals surface area contributed by atoms with Gasteiger partial charge < -0.3 is 9.73 Å². The summed E-state index contributed by atoms with van der Waals surface area (Å²) in [6, 6.07) is 3.79. The van der Waals surface area contributed by atoms with Crippen LogP contribution in [0.25, 0.3) is 11.1 Å². The third-order valence-corrected chi connectivity index (χ3v) is 2.47. The molecule has 0 aliphatic carbocycles. The minimum Gasteiger partial charge on any atom is -0.439 e. The lowest BCUT2D eigenvalue weighted by atomic mass is 10.1. The standard InChI is InChI=1S/C12H13F3N2O/c1-7-3-8(2)11-9(4-7)17-10(18-11)5-16-6-12(13,14)15/h3-4,16H,5-6H2,1-2H3. The van der Waals surface area contributed by atoms with E-state index in [9.17, 15) is 13.2 Å². The second-order valence-electron chi connectivity index (χ2n) is 4.26. The van der Waals surface area contributed by atoms with Crippen molar-refractivity contribution in [2.24, 2.45) is 0 Å². The maximum absolute atomic E-state index is 12.0. The molecule has 1 heterocycles. The molecule has 0 saturated heterocycles. The zero-order valence-electron chi connectivity index (χ0n) is 10.1. The fourth-order valence-electron chi connectivity index (χ4n) is 1.81. The van der Waals surface area contributed by atoms with E-state index in [2.05, 4.69) is 10.3 Å². The molecule has 2 aromatic rings. The first-order valence-electron chi connectivity index (χ1n) is 5.49. The van der Waals surface area contributed by atoms with Gasteiger partial charge in [0, 0.05) is 0 Å². The molecule has 1 aromatic heterocycles. The summed E-state index contributed by atoms with van der Waals surface area (Å²) in [6.07, 6.45) is -4.22. The average molecular weight is 258 g/mol. The highest BCUT2D eigenvalue weighted by molar-refractivity contribution is 5.77.